The minimum absolute atomic E-state index is 0.228. The molecule has 0 saturated heterocycles. The Bertz CT molecular complexity index is 767. The average Bonchev–Trinajstić information content (AvgIpc) is 3.36. The van der Waals surface area contributed by atoms with Gasteiger partial charge in [0.25, 0.3) is 11.8 Å². The lowest BCUT2D eigenvalue weighted by atomic mass is 10.1. The first-order chi connectivity index (χ1) is 11.0. The van der Waals surface area contributed by atoms with Crippen LogP contribution in [-0.4, -0.2) is 22.8 Å². The summed E-state index contributed by atoms with van der Waals surface area (Å²) in [4.78, 5) is 28.6. The average molecular weight is 309 g/mol. The standard InChI is InChI=1S/C18H19N3O2/c1-11-5-3-6-14(12(11)2)21-18(23)16-8-4-7-15(20-16)17(22)19-13-9-10-13/h3-8,13H,9-10H2,1-2H3,(H,19,22)(H,21,23). The number of rotatable bonds is 4. The van der Waals surface area contributed by atoms with Gasteiger partial charge in [0.05, 0.1) is 0 Å². The predicted molar refractivity (Wildman–Crippen MR) is 88.6 cm³/mol. The van der Waals surface area contributed by atoms with E-state index in [4.69, 9.17) is 0 Å². The molecule has 1 aliphatic carbocycles. The number of nitrogens with one attached hydrogen (secondary N) is 2. The van der Waals surface area contributed by atoms with E-state index in [1.807, 2.05) is 32.0 Å². The molecule has 0 radical (unpaired) electrons. The first kappa shape index (κ1) is 15.2. The smallest absolute Gasteiger partial charge is 0.274 e. The van der Waals surface area contributed by atoms with Gasteiger partial charge in [-0.25, -0.2) is 4.98 Å². The highest BCUT2D eigenvalue weighted by Crippen LogP contribution is 2.20. The molecule has 118 valence electrons. The number of carbonyl (C=O) groups is 2. The van der Waals surface area contributed by atoms with Crippen molar-refractivity contribution in [1.29, 1.82) is 0 Å². The number of aromatic nitrogens is 1. The van der Waals surface area contributed by atoms with Crippen LogP contribution in [0.25, 0.3) is 0 Å². The Morgan fingerprint density at radius 3 is 2.35 bits per heavy atom. The summed E-state index contributed by atoms with van der Waals surface area (Å²) in [5, 5.41) is 5.72. The Balaban J connectivity index is 1.76. The lowest BCUT2D eigenvalue weighted by Gasteiger charge is -2.10. The molecule has 0 spiro atoms. The number of hydrogen-bond donors (Lipinski definition) is 2. The van der Waals surface area contributed by atoms with Crippen LogP contribution in [0, 0.1) is 13.8 Å². The Hall–Kier alpha value is -2.69. The van der Waals surface area contributed by atoms with Crippen molar-refractivity contribution in [3.05, 3.63) is 58.9 Å². The van der Waals surface area contributed by atoms with Gasteiger partial charge in [-0.3, -0.25) is 9.59 Å². The molecule has 0 aliphatic heterocycles. The van der Waals surface area contributed by atoms with Crippen molar-refractivity contribution in [2.45, 2.75) is 32.7 Å². The quantitative estimate of drug-likeness (QED) is 0.912. The zero-order valence-electron chi connectivity index (χ0n) is 13.2. The van der Waals surface area contributed by atoms with E-state index < -0.39 is 0 Å². The molecule has 1 aliphatic rings. The second-order valence-corrected chi connectivity index (χ2v) is 5.86. The number of hydrogen-bond acceptors (Lipinski definition) is 3. The number of pyridine rings is 1. The molecule has 2 aromatic rings. The van der Waals surface area contributed by atoms with Gasteiger partial charge in [-0.1, -0.05) is 18.2 Å². The fourth-order valence-electron chi connectivity index (χ4n) is 2.25. The summed E-state index contributed by atoms with van der Waals surface area (Å²) in [6.45, 7) is 3.95. The highest BCUT2D eigenvalue weighted by Gasteiger charge is 2.24. The summed E-state index contributed by atoms with van der Waals surface area (Å²) in [5.74, 6) is -0.548. The van der Waals surface area contributed by atoms with Crippen molar-refractivity contribution < 1.29 is 9.59 Å². The van der Waals surface area contributed by atoms with E-state index in [9.17, 15) is 9.59 Å². The molecule has 1 aromatic heterocycles. The summed E-state index contributed by atoms with van der Waals surface area (Å²) in [6.07, 6.45) is 2.02. The molecule has 3 rings (SSSR count). The first-order valence-electron chi connectivity index (χ1n) is 7.70. The van der Waals surface area contributed by atoms with Crippen LogP contribution in [0.2, 0.25) is 0 Å². The highest BCUT2D eigenvalue weighted by atomic mass is 16.2. The molecular weight excluding hydrogens is 290 g/mol. The lowest BCUT2D eigenvalue weighted by molar-refractivity contribution is 0.0946. The maximum Gasteiger partial charge on any atom is 0.274 e. The van der Waals surface area contributed by atoms with Gasteiger partial charge in [-0.2, -0.15) is 0 Å². The van der Waals surface area contributed by atoms with E-state index in [2.05, 4.69) is 15.6 Å². The predicted octanol–water partition coefficient (Wildman–Crippen LogP) is 2.84. The normalized spacial score (nSPS) is 13.5. The van der Waals surface area contributed by atoms with E-state index in [1.165, 1.54) is 0 Å². The summed E-state index contributed by atoms with van der Waals surface area (Å²) in [6, 6.07) is 10.9. The van der Waals surface area contributed by atoms with Crippen molar-refractivity contribution in [3.63, 3.8) is 0 Å². The van der Waals surface area contributed by atoms with E-state index in [1.54, 1.807) is 18.2 Å². The second-order valence-electron chi connectivity index (χ2n) is 5.86. The fraction of sp³-hybridized carbons (Fsp3) is 0.278. The highest BCUT2D eigenvalue weighted by molar-refractivity contribution is 6.04. The molecule has 0 atom stereocenters. The van der Waals surface area contributed by atoms with Crippen LogP contribution < -0.4 is 10.6 Å². The summed E-state index contributed by atoms with van der Waals surface area (Å²) < 4.78 is 0. The van der Waals surface area contributed by atoms with Gasteiger partial charge < -0.3 is 10.6 Å². The van der Waals surface area contributed by atoms with Crippen molar-refractivity contribution in [2.75, 3.05) is 5.32 Å². The summed E-state index contributed by atoms with van der Waals surface area (Å²) in [5.41, 5.74) is 3.38. The third-order valence-electron chi connectivity index (χ3n) is 3.98. The Labute approximate surface area is 135 Å². The molecule has 2 amide bonds. The number of aryl methyl sites for hydroxylation is 1. The molecule has 2 N–H and O–H groups in total. The van der Waals surface area contributed by atoms with Crippen molar-refractivity contribution in [1.82, 2.24) is 10.3 Å². The van der Waals surface area contributed by atoms with E-state index in [0.29, 0.717) is 0 Å². The molecule has 23 heavy (non-hydrogen) atoms. The largest absolute Gasteiger partial charge is 0.348 e. The fourth-order valence-corrected chi connectivity index (χ4v) is 2.25. The molecule has 1 saturated carbocycles. The Kier molecular flexibility index (Phi) is 4.10. The van der Waals surface area contributed by atoms with E-state index in [-0.39, 0.29) is 29.2 Å². The van der Waals surface area contributed by atoms with Crippen molar-refractivity contribution >= 4 is 17.5 Å². The number of anilines is 1. The molecular formula is C18H19N3O2. The number of benzene rings is 1. The van der Waals surface area contributed by atoms with Crippen molar-refractivity contribution in [2.24, 2.45) is 0 Å². The van der Waals surface area contributed by atoms with Gasteiger partial charge in [-0.05, 0) is 56.0 Å². The van der Waals surface area contributed by atoms with Crippen LogP contribution in [0.15, 0.2) is 36.4 Å². The van der Waals surface area contributed by atoms with Crippen LogP contribution in [-0.2, 0) is 0 Å². The van der Waals surface area contributed by atoms with Gasteiger partial charge in [-0.15, -0.1) is 0 Å². The van der Waals surface area contributed by atoms with Crippen LogP contribution in [0.1, 0.15) is 44.9 Å². The molecule has 0 bridgehead atoms. The van der Waals surface area contributed by atoms with Gasteiger partial charge in [0, 0.05) is 11.7 Å². The van der Waals surface area contributed by atoms with E-state index >= 15 is 0 Å². The SMILES string of the molecule is Cc1cccc(NC(=O)c2cccc(C(=O)NC3CC3)n2)c1C. The van der Waals surface area contributed by atoms with Crippen LogP contribution in [0.5, 0.6) is 0 Å². The maximum atomic E-state index is 12.4. The van der Waals surface area contributed by atoms with Crippen LogP contribution >= 0.6 is 0 Å². The Morgan fingerprint density at radius 1 is 1.00 bits per heavy atom. The Morgan fingerprint density at radius 2 is 1.65 bits per heavy atom. The monoisotopic (exact) mass is 309 g/mol. The molecule has 1 aromatic carbocycles. The number of carbonyl (C=O) groups excluding carboxylic acids is 2. The topological polar surface area (TPSA) is 71.1 Å². The molecule has 1 heterocycles. The van der Waals surface area contributed by atoms with Crippen molar-refractivity contribution in [3.8, 4) is 0 Å². The third-order valence-corrected chi connectivity index (χ3v) is 3.98. The molecule has 5 nitrogen and oxygen atoms in total. The summed E-state index contributed by atoms with van der Waals surface area (Å²) >= 11 is 0. The number of amides is 2. The molecule has 5 heteroatoms. The van der Waals surface area contributed by atoms with Gasteiger partial charge in [0.2, 0.25) is 0 Å². The van der Waals surface area contributed by atoms with Gasteiger partial charge in [0.1, 0.15) is 11.4 Å². The first-order valence-corrected chi connectivity index (χ1v) is 7.70. The zero-order valence-corrected chi connectivity index (χ0v) is 13.2. The lowest BCUT2D eigenvalue weighted by Crippen LogP contribution is -2.27. The third kappa shape index (κ3) is 3.56. The van der Waals surface area contributed by atoms with Gasteiger partial charge in [0.15, 0.2) is 0 Å². The minimum atomic E-state index is -0.320. The van der Waals surface area contributed by atoms with Crippen LogP contribution in [0.4, 0.5) is 5.69 Å². The van der Waals surface area contributed by atoms with E-state index in [0.717, 1.165) is 29.7 Å². The van der Waals surface area contributed by atoms with Crippen LogP contribution in [0.3, 0.4) is 0 Å². The van der Waals surface area contributed by atoms with Gasteiger partial charge >= 0.3 is 0 Å². The summed E-state index contributed by atoms with van der Waals surface area (Å²) in [7, 11) is 0. The zero-order chi connectivity index (χ0) is 16.4. The molecule has 1 fully saturated rings. The maximum absolute atomic E-state index is 12.4. The second kappa shape index (κ2) is 6.20. The minimum Gasteiger partial charge on any atom is -0.348 e. The number of nitrogens with zero attached hydrogens (tertiary/aromatic N) is 1. The molecule has 0 unspecified atom stereocenters.